The molecule has 4 heteroatoms. The number of hydrogen-bond acceptors (Lipinski definition) is 3. The highest BCUT2D eigenvalue weighted by molar-refractivity contribution is 6.30. The van der Waals surface area contributed by atoms with Gasteiger partial charge in [-0.1, -0.05) is 48.8 Å². The van der Waals surface area contributed by atoms with Crippen LogP contribution in [0.5, 0.6) is 0 Å². The van der Waals surface area contributed by atoms with Crippen LogP contribution < -0.4 is 0 Å². The highest BCUT2D eigenvalue weighted by Gasteiger charge is 2.20. The third kappa shape index (κ3) is 7.62. The minimum Gasteiger partial charge on any atom is -0.396 e. The Morgan fingerprint density at radius 3 is 2.76 bits per heavy atom. The Bertz CT molecular complexity index is 566. The molecule has 138 valence electrons. The monoisotopic (exact) mass is 362 g/mol. The lowest BCUT2D eigenvalue weighted by molar-refractivity contribution is 0.121. The fourth-order valence-electron chi connectivity index (χ4n) is 3.02. The van der Waals surface area contributed by atoms with Gasteiger partial charge in [0.15, 0.2) is 0 Å². The number of benzene rings is 1. The Morgan fingerprint density at radius 1 is 1.36 bits per heavy atom. The van der Waals surface area contributed by atoms with Gasteiger partial charge in [0.1, 0.15) is 6.61 Å². The standard InChI is InChI=1S/C21H31ClN2O/c1-17(2)6-12-20(13-9-18-7-10-19(22)11-8-18)23-25-16-14-21-5-4-15-24(21)3/h7-11,13,17,21H,4-6,12,14-16H2,1-3H3/b13-9+,23-20-. The topological polar surface area (TPSA) is 24.8 Å². The number of halogens is 1. The van der Waals surface area contributed by atoms with Crippen LogP contribution in [-0.2, 0) is 4.84 Å². The van der Waals surface area contributed by atoms with Crippen molar-refractivity contribution in [3.8, 4) is 0 Å². The van der Waals surface area contributed by atoms with Crippen molar-refractivity contribution in [1.82, 2.24) is 4.90 Å². The van der Waals surface area contributed by atoms with Crippen LogP contribution in [0, 0.1) is 5.92 Å². The molecule has 1 unspecified atom stereocenters. The van der Waals surface area contributed by atoms with Crippen LogP contribution in [0.2, 0.25) is 5.02 Å². The van der Waals surface area contributed by atoms with Crippen molar-refractivity contribution in [1.29, 1.82) is 0 Å². The number of rotatable bonds is 9. The van der Waals surface area contributed by atoms with Crippen LogP contribution >= 0.6 is 11.6 Å². The van der Waals surface area contributed by atoms with Gasteiger partial charge >= 0.3 is 0 Å². The maximum absolute atomic E-state index is 5.94. The molecule has 1 atom stereocenters. The molecule has 0 amide bonds. The second kappa shape index (κ2) is 10.6. The van der Waals surface area contributed by atoms with Crippen molar-refractivity contribution in [2.75, 3.05) is 20.2 Å². The number of likely N-dealkylation sites (tertiary alicyclic amines) is 1. The molecule has 1 aliphatic heterocycles. The average Bonchev–Trinajstić information content (AvgIpc) is 2.99. The van der Waals surface area contributed by atoms with Crippen molar-refractivity contribution in [2.45, 2.75) is 52.0 Å². The number of hydrogen-bond donors (Lipinski definition) is 0. The minimum atomic E-state index is 0.652. The molecule has 0 spiro atoms. The summed E-state index contributed by atoms with van der Waals surface area (Å²) < 4.78 is 0. The van der Waals surface area contributed by atoms with Crippen LogP contribution in [0.4, 0.5) is 0 Å². The first-order chi connectivity index (χ1) is 12.0. The van der Waals surface area contributed by atoms with Gasteiger partial charge in [0.25, 0.3) is 0 Å². The Balaban J connectivity index is 1.88. The smallest absolute Gasteiger partial charge is 0.118 e. The summed E-state index contributed by atoms with van der Waals surface area (Å²) >= 11 is 5.94. The van der Waals surface area contributed by atoms with Gasteiger partial charge in [-0.05, 0) is 75.4 Å². The van der Waals surface area contributed by atoms with Gasteiger partial charge in [0.05, 0.1) is 5.71 Å². The van der Waals surface area contributed by atoms with E-state index in [2.05, 4.69) is 43.1 Å². The van der Waals surface area contributed by atoms with Gasteiger partial charge < -0.3 is 9.74 Å². The molecule has 0 bridgehead atoms. The highest BCUT2D eigenvalue weighted by atomic mass is 35.5. The third-order valence-corrected chi connectivity index (χ3v) is 4.96. The number of nitrogens with zero attached hydrogens (tertiary/aromatic N) is 2. The van der Waals surface area contributed by atoms with Crippen LogP contribution in [0.15, 0.2) is 35.5 Å². The largest absolute Gasteiger partial charge is 0.396 e. The summed E-state index contributed by atoms with van der Waals surface area (Å²) in [6, 6.07) is 8.48. The first-order valence-electron chi connectivity index (χ1n) is 9.37. The summed E-state index contributed by atoms with van der Waals surface area (Å²) in [7, 11) is 2.20. The van der Waals surface area contributed by atoms with Crippen LogP contribution in [-0.4, -0.2) is 36.9 Å². The molecule has 2 rings (SSSR count). The van der Waals surface area contributed by atoms with Gasteiger partial charge in [-0.3, -0.25) is 0 Å². The van der Waals surface area contributed by atoms with E-state index in [0.29, 0.717) is 18.6 Å². The van der Waals surface area contributed by atoms with E-state index in [1.165, 1.54) is 19.4 Å². The Morgan fingerprint density at radius 2 is 2.12 bits per heavy atom. The predicted octanol–water partition coefficient (Wildman–Crippen LogP) is 5.65. The zero-order valence-electron chi connectivity index (χ0n) is 15.7. The second-order valence-corrected chi connectivity index (χ2v) is 7.74. The van der Waals surface area contributed by atoms with Gasteiger partial charge in [0, 0.05) is 11.1 Å². The van der Waals surface area contributed by atoms with Gasteiger partial charge in [-0.15, -0.1) is 0 Å². The van der Waals surface area contributed by atoms with Crippen molar-refractivity contribution in [3.63, 3.8) is 0 Å². The Kier molecular flexibility index (Phi) is 8.50. The molecule has 0 N–H and O–H groups in total. The number of allylic oxidation sites excluding steroid dienone is 1. The molecule has 0 aromatic heterocycles. The normalized spacial score (nSPS) is 19.2. The molecule has 0 radical (unpaired) electrons. The van der Waals surface area contributed by atoms with E-state index in [1.54, 1.807) is 0 Å². The van der Waals surface area contributed by atoms with E-state index in [9.17, 15) is 0 Å². The summed E-state index contributed by atoms with van der Waals surface area (Å²) in [6.07, 6.45) is 9.81. The van der Waals surface area contributed by atoms with E-state index < -0.39 is 0 Å². The summed E-state index contributed by atoms with van der Waals surface area (Å²) in [6.45, 7) is 6.36. The van der Waals surface area contributed by atoms with E-state index >= 15 is 0 Å². The summed E-state index contributed by atoms with van der Waals surface area (Å²) in [5.74, 6) is 0.654. The maximum atomic E-state index is 5.94. The predicted molar refractivity (Wildman–Crippen MR) is 108 cm³/mol. The fourth-order valence-corrected chi connectivity index (χ4v) is 3.15. The molecule has 0 saturated carbocycles. The van der Waals surface area contributed by atoms with Crippen LogP contribution in [0.3, 0.4) is 0 Å². The molecule has 1 heterocycles. The first kappa shape index (κ1) is 20.0. The van der Waals surface area contributed by atoms with E-state index in [1.807, 2.05) is 24.3 Å². The molecule has 1 aromatic rings. The first-order valence-corrected chi connectivity index (χ1v) is 9.75. The van der Waals surface area contributed by atoms with Crippen molar-refractivity contribution in [3.05, 3.63) is 40.9 Å². The molecular formula is C21H31ClN2O. The summed E-state index contributed by atoms with van der Waals surface area (Å²) in [5, 5.41) is 5.16. The summed E-state index contributed by atoms with van der Waals surface area (Å²) in [5.41, 5.74) is 2.12. The van der Waals surface area contributed by atoms with Crippen LogP contribution in [0.1, 0.15) is 51.5 Å². The maximum Gasteiger partial charge on any atom is 0.118 e. The SMILES string of the molecule is CC(C)CCC(/C=C/c1ccc(Cl)cc1)=N/OCCC1CCCN1C. The van der Waals surface area contributed by atoms with E-state index in [-0.39, 0.29) is 0 Å². The highest BCUT2D eigenvalue weighted by Crippen LogP contribution is 2.18. The van der Waals surface area contributed by atoms with E-state index in [0.717, 1.165) is 35.6 Å². The average molecular weight is 363 g/mol. The van der Waals surface area contributed by atoms with Crippen molar-refractivity contribution in [2.24, 2.45) is 11.1 Å². The quantitative estimate of drug-likeness (QED) is 0.322. The van der Waals surface area contributed by atoms with Crippen LogP contribution in [0.25, 0.3) is 6.08 Å². The minimum absolute atomic E-state index is 0.652. The fraction of sp³-hybridized carbons (Fsp3) is 0.571. The third-order valence-electron chi connectivity index (χ3n) is 4.71. The lowest BCUT2D eigenvalue weighted by Crippen LogP contribution is -2.25. The van der Waals surface area contributed by atoms with Crippen molar-refractivity contribution >= 4 is 23.4 Å². The lowest BCUT2D eigenvalue weighted by atomic mass is 10.0. The Labute approximate surface area is 157 Å². The van der Waals surface area contributed by atoms with Crippen molar-refractivity contribution < 1.29 is 4.84 Å². The number of oxime groups is 1. The molecule has 1 saturated heterocycles. The zero-order chi connectivity index (χ0) is 18.1. The van der Waals surface area contributed by atoms with Gasteiger partial charge in [-0.25, -0.2) is 0 Å². The second-order valence-electron chi connectivity index (χ2n) is 7.30. The molecule has 25 heavy (non-hydrogen) atoms. The summed E-state index contributed by atoms with van der Waals surface area (Å²) in [4.78, 5) is 8.06. The van der Waals surface area contributed by atoms with Gasteiger partial charge in [0.2, 0.25) is 0 Å². The molecular weight excluding hydrogens is 332 g/mol. The molecule has 1 aromatic carbocycles. The lowest BCUT2D eigenvalue weighted by Gasteiger charge is -2.18. The zero-order valence-corrected chi connectivity index (χ0v) is 16.5. The van der Waals surface area contributed by atoms with E-state index in [4.69, 9.17) is 16.4 Å². The molecule has 1 aliphatic rings. The van der Waals surface area contributed by atoms with Gasteiger partial charge in [-0.2, -0.15) is 0 Å². The molecule has 1 fully saturated rings. The molecule has 3 nitrogen and oxygen atoms in total. The molecule has 0 aliphatic carbocycles. The Hall–Kier alpha value is -1.32.